The van der Waals surface area contributed by atoms with Gasteiger partial charge in [0, 0.05) is 25.3 Å². The summed E-state index contributed by atoms with van der Waals surface area (Å²) in [5.41, 5.74) is 0.834. The zero-order chi connectivity index (χ0) is 21.3. The van der Waals surface area contributed by atoms with E-state index in [0.29, 0.717) is 5.56 Å². The van der Waals surface area contributed by atoms with Crippen LogP contribution in [-0.2, 0) is 20.0 Å². The van der Waals surface area contributed by atoms with Gasteiger partial charge in [0.05, 0.1) is 9.92 Å². The molecule has 0 unspecified atom stereocenters. The lowest BCUT2D eigenvalue weighted by Crippen LogP contribution is -2.23. The smallest absolute Gasteiger partial charge is 0.255 e. The van der Waals surface area contributed by atoms with Gasteiger partial charge in [0.25, 0.3) is 5.91 Å². The van der Waals surface area contributed by atoms with E-state index in [0.717, 1.165) is 10.4 Å². The molecular weight excluding hydrogens is 426 g/mol. The molecule has 0 aliphatic heterocycles. The first kappa shape index (κ1) is 22.3. The number of carbonyl (C=O) groups is 1. The van der Waals surface area contributed by atoms with Gasteiger partial charge in [0.2, 0.25) is 20.0 Å². The van der Waals surface area contributed by atoms with Gasteiger partial charge in [-0.3, -0.25) is 4.79 Å². The Labute approximate surface area is 169 Å². The predicted octanol–water partition coefficient (Wildman–Crippen LogP) is 2.06. The third-order valence-corrected chi connectivity index (χ3v) is 7.81. The SMILES string of the molecule is CNS(=O)(=O)c1cc(C(=O)Nc2ccc(C)c(S(=O)(=O)N(C)C)c2)ccc1Cl. The first-order valence-electron chi connectivity index (χ1n) is 7.98. The first-order chi connectivity index (χ1) is 12.9. The third-order valence-electron chi connectivity index (χ3n) is 3.96. The molecule has 0 aromatic heterocycles. The molecule has 0 radical (unpaired) electrons. The molecule has 152 valence electrons. The highest BCUT2D eigenvalue weighted by Gasteiger charge is 2.21. The number of hydrogen-bond acceptors (Lipinski definition) is 5. The fourth-order valence-electron chi connectivity index (χ4n) is 2.32. The van der Waals surface area contributed by atoms with E-state index in [-0.39, 0.29) is 26.1 Å². The lowest BCUT2D eigenvalue weighted by Gasteiger charge is -2.15. The monoisotopic (exact) mass is 445 g/mol. The largest absolute Gasteiger partial charge is 0.322 e. The minimum atomic E-state index is -3.85. The van der Waals surface area contributed by atoms with Crippen LogP contribution in [0.1, 0.15) is 15.9 Å². The van der Waals surface area contributed by atoms with Gasteiger partial charge < -0.3 is 5.32 Å². The lowest BCUT2D eigenvalue weighted by atomic mass is 10.2. The molecule has 0 spiro atoms. The predicted molar refractivity (Wildman–Crippen MR) is 108 cm³/mol. The highest BCUT2D eigenvalue weighted by atomic mass is 35.5. The average Bonchev–Trinajstić information content (AvgIpc) is 2.63. The van der Waals surface area contributed by atoms with Crippen molar-refractivity contribution in [1.29, 1.82) is 0 Å². The van der Waals surface area contributed by atoms with Gasteiger partial charge in [-0.25, -0.2) is 25.9 Å². The second-order valence-corrected chi connectivity index (χ2v) is 10.5. The number of nitrogens with one attached hydrogen (secondary N) is 2. The minimum Gasteiger partial charge on any atom is -0.322 e. The summed E-state index contributed by atoms with van der Waals surface area (Å²) in [6.07, 6.45) is 0. The second kappa shape index (κ2) is 8.18. The number of amides is 1. The number of halogens is 1. The zero-order valence-corrected chi connectivity index (χ0v) is 18.0. The normalized spacial score (nSPS) is 12.2. The molecule has 0 bridgehead atoms. The number of nitrogens with zero attached hydrogens (tertiary/aromatic N) is 1. The minimum absolute atomic E-state index is 0.0272. The van der Waals surface area contributed by atoms with E-state index in [1.54, 1.807) is 19.1 Å². The van der Waals surface area contributed by atoms with E-state index >= 15 is 0 Å². The summed E-state index contributed by atoms with van der Waals surface area (Å²) in [6, 6.07) is 8.31. The second-order valence-electron chi connectivity index (χ2n) is 6.07. The van der Waals surface area contributed by atoms with Crippen LogP contribution < -0.4 is 10.0 Å². The quantitative estimate of drug-likeness (QED) is 0.706. The fourth-order valence-corrected chi connectivity index (χ4v) is 4.71. The zero-order valence-electron chi connectivity index (χ0n) is 15.6. The Morgan fingerprint density at radius 3 is 2.21 bits per heavy atom. The number of aryl methyl sites for hydroxylation is 1. The maximum Gasteiger partial charge on any atom is 0.255 e. The van der Waals surface area contributed by atoms with E-state index in [4.69, 9.17) is 11.6 Å². The van der Waals surface area contributed by atoms with Crippen molar-refractivity contribution in [3.8, 4) is 0 Å². The van der Waals surface area contributed by atoms with Crippen LogP contribution in [-0.4, -0.2) is 48.2 Å². The fraction of sp³-hybridized carbons (Fsp3) is 0.235. The summed E-state index contributed by atoms with van der Waals surface area (Å²) >= 11 is 5.92. The summed E-state index contributed by atoms with van der Waals surface area (Å²) in [6.45, 7) is 1.65. The van der Waals surface area contributed by atoms with Gasteiger partial charge >= 0.3 is 0 Å². The van der Waals surface area contributed by atoms with Crippen LogP contribution in [0.2, 0.25) is 5.02 Å². The summed E-state index contributed by atoms with van der Waals surface area (Å²) in [5, 5.41) is 2.55. The molecule has 11 heteroatoms. The van der Waals surface area contributed by atoms with Gasteiger partial charge in [0.1, 0.15) is 4.90 Å². The standard InChI is InChI=1S/C17H20ClN3O5S2/c1-11-5-7-13(10-15(11)28(25,26)21(3)4)20-17(22)12-6-8-14(18)16(9-12)27(23,24)19-2/h5-10,19H,1-4H3,(H,20,22). The Kier molecular flexibility index (Phi) is 6.51. The van der Waals surface area contributed by atoms with Crippen LogP contribution in [0.5, 0.6) is 0 Å². The van der Waals surface area contributed by atoms with Crippen LogP contribution in [0.15, 0.2) is 46.2 Å². The van der Waals surface area contributed by atoms with Crippen molar-refractivity contribution < 1.29 is 21.6 Å². The summed E-state index contributed by atoms with van der Waals surface area (Å²) in [5.74, 6) is -0.610. The van der Waals surface area contributed by atoms with Crippen molar-refractivity contribution in [3.63, 3.8) is 0 Å². The topological polar surface area (TPSA) is 113 Å². The van der Waals surface area contributed by atoms with Crippen LogP contribution in [0.3, 0.4) is 0 Å². The molecule has 2 aromatic carbocycles. The highest BCUT2D eigenvalue weighted by molar-refractivity contribution is 7.89. The van der Waals surface area contributed by atoms with E-state index in [1.165, 1.54) is 39.3 Å². The van der Waals surface area contributed by atoms with Crippen LogP contribution in [0.4, 0.5) is 5.69 Å². The number of rotatable bonds is 6. The summed E-state index contributed by atoms with van der Waals surface area (Å²) in [4.78, 5) is 12.4. The molecule has 8 nitrogen and oxygen atoms in total. The number of hydrogen-bond donors (Lipinski definition) is 2. The first-order valence-corrected chi connectivity index (χ1v) is 11.3. The molecule has 0 atom stereocenters. The van der Waals surface area contributed by atoms with E-state index in [2.05, 4.69) is 10.0 Å². The Balaban J connectivity index is 2.41. The number of sulfonamides is 2. The van der Waals surface area contributed by atoms with E-state index in [9.17, 15) is 21.6 Å². The summed E-state index contributed by atoms with van der Waals surface area (Å²) in [7, 11) is -3.47. The van der Waals surface area contributed by atoms with E-state index in [1.807, 2.05) is 0 Å². The molecule has 0 heterocycles. The third kappa shape index (κ3) is 4.53. The van der Waals surface area contributed by atoms with Crippen LogP contribution in [0, 0.1) is 6.92 Å². The van der Waals surface area contributed by atoms with Gasteiger partial charge in [-0.2, -0.15) is 0 Å². The average molecular weight is 446 g/mol. The van der Waals surface area contributed by atoms with Crippen molar-refractivity contribution in [2.75, 3.05) is 26.5 Å². The van der Waals surface area contributed by atoms with Gasteiger partial charge in [-0.05, 0) is 49.9 Å². The summed E-state index contributed by atoms with van der Waals surface area (Å²) < 4.78 is 52.1. The molecule has 1 amide bonds. The van der Waals surface area contributed by atoms with Crippen molar-refractivity contribution >= 4 is 43.2 Å². The van der Waals surface area contributed by atoms with Gasteiger partial charge in [-0.1, -0.05) is 17.7 Å². The van der Waals surface area contributed by atoms with Crippen LogP contribution in [0.25, 0.3) is 0 Å². The Morgan fingerprint density at radius 1 is 1.00 bits per heavy atom. The Bertz CT molecular complexity index is 1130. The Hall–Kier alpha value is -1.98. The molecule has 2 rings (SSSR count). The molecule has 2 N–H and O–H groups in total. The van der Waals surface area contributed by atoms with Crippen LogP contribution >= 0.6 is 11.6 Å². The van der Waals surface area contributed by atoms with Crippen molar-refractivity contribution in [2.45, 2.75) is 16.7 Å². The maximum atomic E-state index is 12.5. The number of anilines is 1. The molecule has 2 aromatic rings. The molecule has 0 aliphatic rings. The highest BCUT2D eigenvalue weighted by Crippen LogP contribution is 2.25. The molecule has 0 saturated carbocycles. The molecule has 28 heavy (non-hydrogen) atoms. The lowest BCUT2D eigenvalue weighted by molar-refractivity contribution is 0.102. The molecule has 0 aliphatic carbocycles. The van der Waals surface area contributed by atoms with E-state index < -0.39 is 26.0 Å². The number of benzene rings is 2. The van der Waals surface area contributed by atoms with Crippen molar-refractivity contribution in [2.24, 2.45) is 0 Å². The molecular formula is C17H20ClN3O5S2. The molecule has 0 fully saturated rings. The molecule has 0 saturated heterocycles. The van der Waals surface area contributed by atoms with Crippen molar-refractivity contribution in [3.05, 3.63) is 52.5 Å². The van der Waals surface area contributed by atoms with Crippen molar-refractivity contribution in [1.82, 2.24) is 9.03 Å². The number of carbonyl (C=O) groups excluding carboxylic acids is 1. The van der Waals surface area contributed by atoms with Gasteiger partial charge in [-0.15, -0.1) is 0 Å². The Morgan fingerprint density at radius 2 is 1.64 bits per heavy atom. The van der Waals surface area contributed by atoms with Gasteiger partial charge in [0.15, 0.2) is 0 Å². The maximum absolute atomic E-state index is 12.5.